The van der Waals surface area contributed by atoms with Crippen molar-refractivity contribution in [3.63, 3.8) is 0 Å². The largest absolute Gasteiger partial charge is 0.337 e. The van der Waals surface area contributed by atoms with Crippen molar-refractivity contribution in [2.45, 2.75) is 38.8 Å². The molecule has 2 aromatic rings. The van der Waals surface area contributed by atoms with Gasteiger partial charge in [0.25, 0.3) is 5.56 Å². The first-order valence-corrected chi connectivity index (χ1v) is 7.87. The lowest BCUT2D eigenvalue weighted by molar-refractivity contribution is -0.132. The summed E-state index contributed by atoms with van der Waals surface area (Å²) in [5, 5.41) is 1.83. The van der Waals surface area contributed by atoms with Crippen LogP contribution in [0.4, 0.5) is 0 Å². The quantitative estimate of drug-likeness (QED) is 0.845. The molecule has 0 saturated carbocycles. The Morgan fingerprint density at radius 3 is 3.05 bits per heavy atom. The average molecular weight is 308 g/mol. The summed E-state index contributed by atoms with van der Waals surface area (Å²) >= 11 is 1.36. The van der Waals surface area contributed by atoms with E-state index in [9.17, 15) is 9.59 Å². The smallest absolute Gasteiger partial charge is 0.268 e. The predicted molar refractivity (Wildman–Crippen MR) is 84.2 cm³/mol. The topological polar surface area (TPSA) is 92.1 Å². The number of nitrogens with two attached hydrogens (primary N) is 1. The van der Waals surface area contributed by atoms with Crippen LogP contribution in [0, 0.1) is 0 Å². The van der Waals surface area contributed by atoms with Gasteiger partial charge >= 0.3 is 0 Å². The molecule has 1 amide bonds. The molecule has 0 unspecified atom stereocenters. The molecular weight excluding hydrogens is 288 g/mol. The van der Waals surface area contributed by atoms with Gasteiger partial charge < -0.3 is 15.6 Å². The Kier molecular flexibility index (Phi) is 5.08. The number of H-pyrrole nitrogens is 1. The minimum Gasteiger partial charge on any atom is -0.337 e. The molecule has 0 bridgehead atoms. The zero-order valence-corrected chi connectivity index (χ0v) is 13.1. The minimum absolute atomic E-state index is 0.128. The highest BCUT2D eigenvalue weighted by molar-refractivity contribution is 7.17. The Morgan fingerprint density at radius 2 is 2.33 bits per heavy atom. The van der Waals surface area contributed by atoms with E-state index in [0.717, 1.165) is 12.8 Å². The number of unbranched alkanes of at least 4 members (excludes halogenated alkanes) is 1. The first kappa shape index (κ1) is 15.7. The first-order chi connectivity index (χ1) is 10.0. The fourth-order valence-electron chi connectivity index (χ4n) is 2.13. The Labute approximate surface area is 127 Å². The summed E-state index contributed by atoms with van der Waals surface area (Å²) in [5.41, 5.74) is 6.38. The number of rotatable bonds is 6. The van der Waals surface area contributed by atoms with Crippen LogP contribution in [-0.4, -0.2) is 33.9 Å². The second-order valence-corrected chi connectivity index (χ2v) is 6.01. The van der Waals surface area contributed by atoms with Crippen molar-refractivity contribution in [3.8, 4) is 0 Å². The molecule has 0 spiro atoms. The van der Waals surface area contributed by atoms with Crippen LogP contribution < -0.4 is 11.3 Å². The molecule has 1 atom stereocenters. The normalized spacial score (nSPS) is 12.5. The van der Waals surface area contributed by atoms with Crippen molar-refractivity contribution >= 4 is 27.5 Å². The van der Waals surface area contributed by atoms with E-state index in [4.69, 9.17) is 5.73 Å². The number of carbonyl (C=O) groups excluding carboxylic acids is 1. The highest BCUT2D eigenvalue weighted by Crippen LogP contribution is 2.14. The van der Waals surface area contributed by atoms with Crippen LogP contribution in [0.2, 0.25) is 0 Å². The summed E-state index contributed by atoms with van der Waals surface area (Å²) in [5.74, 6) is 0.348. The lowest BCUT2D eigenvalue weighted by atomic mass is 10.1. The molecule has 0 fully saturated rings. The lowest BCUT2D eigenvalue weighted by Gasteiger charge is -2.20. The maximum Gasteiger partial charge on any atom is 0.268 e. The Balaban J connectivity index is 2.08. The molecule has 0 aliphatic carbocycles. The van der Waals surface area contributed by atoms with E-state index < -0.39 is 6.04 Å². The summed E-state index contributed by atoms with van der Waals surface area (Å²) in [6, 6.07) is 1.31. The van der Waals surface area contributed by atoms with Gasteiger partial charge in [0.15, 0.2) is 0 Å². The van der Waals surface area contributed by atoms with Crippen LogP contribution in [-0.2, 0) is 11.3 Å². The van der Waals surface area contributed by atoms with Crippen molar-refractivity contribution in [1.29, 1.82) is 0 Å². The van der Waals surface area contributed by atoms with E-state index in [2.05, 4.69) is 16.9 Å². The molecule has 0 aromatic carbocycles. The van der Waals surface area contributed by atoms with Gasteiger partial charge in [-0.3, -0.25) is 9.59 Å². The van der Waals surface area contributed by atoms with E-state index in [-0.39, 0.29) is 18.0 Å². The molecule has 6 nitrogen and oxygen atoms in total. The van der Waals surface area contributed by atoms with Crippen LogP contribution in [0.1, 0.15) is 32.0 Å². The zero-order valence-electron chi connectivity index (χ0n) is 12.3. The number of amides is 1. The van der Waals surface area contributed by atoms with Gasteiger partial charge in [-0.05, 0) is 17.9 Å². The molecule has 0 aliphatic rings. The first-order valence-electron chi connectivity index (χ1n) is 7.00. The molecule has 2 heterocycles. The van der Waals surface area contributed by atoms with Crippen LogP contribution in [0.5, 0.6) is 0 Å². The molecule has 21 heavy (non-hydrogen) atoms. The van der Waals surface area contributed by atoms with E-state index in [1.165, 1.54) is 16.2 Å². The molecule has 0 radical (unpaired) electrons. The number of likely N-dealkylation sites (N-methyl/N-ethyl adjacent to an activating group) is 1. The number of thiophene rings is 1. The van der Waals surface area contributed by atoms with Crippen molar-refractivity contribution < 1.29 is 4.79 Å². The van der Waals surface area contributed by atoms with Crippen molar-refractivity contribution in [1.82, 2.24) is 14.9 Å². The van der Waals surface area contributed by atoms with Gasteiger partial charge in [-0.1, -0.05) is 19.8 Å². The fraction of sp³-hybridized carbons (Fsp3) is 0.500. The van der Waals surface area contributed by atoms with E-state index in [1.807, 2.05) is 5.38 Å². The monoisotopic (exact) mass is 308 g/mol. The average Bonchev–Trinajstić information content (AvgIpc) is 2.92. The number of nitrogens with zero attached hydrogens (tertiary/aromatic N) is 2. The Hall–Kier alpha value is -1.73. The summed E-state index contributed by atoms with van der Waals surface area (Å²) in [7, 11) is 1.67. The summed E-state index contributed by atoms with van der Waals surface area (Å²) in [4.78, 5) is 32.6. The number of hydrogen-bond donors (Lipinski definition) is 2. The summed E-state index contributed by atoms with van der Waals surface area (Å²) in [6.07, 6.45) is 2.61. The SMILES string of the molecule is CCCC[C@H](N)C(=O)N(C)Cc1nc2ccsc2c(=O)[nH]1. The molecule has 7 heteroatoms. The third kappa shape index (κ3) is 3.68. The van der Waals surface area contributed by atoms with Gasteiger partial charge in [0.1, 0.15) is 10.5 Å². The fourth-order valence-corrected chi connectivity index (χ4v) is 2.86. The van der Waals surface area contributed by atoms with Crippen molar-refractivity contribution in [2.75, 3.05) is 7.05 Å². The standard InChI is InChI=1S/C14H20N4O2S/c1-3-4-5-9(15)14(20)18(2)8-11-16-10-6-7-21-12(10)13(19)17-11/h6-7,9H,3-5,8,15H2,1-2H3,(H,16,17,19)/t9-/m0/s1. The van der Waals surface area contributed by atoms with Crippen LogP contribution in [0.3, 0.4) is 0 Å². The molecule has 0 aliphatic heterocycles. The summed E-state index contributed by atoms with van der Waals surface area (Å²) in [6.45, 7) is 2.31. The van der Waals surface area contributed by atoms with Crippen molar-refractivity contribution in [3.05, 3.63) is 27.6 Å². The molecule has 114 valence electrons. The minimum atomic E-state index is -0.494. The maximum atomic E-state index is 12.1. The number of carbonyl (C=O) groups is 1. The highest BCUT2D eigenvalue weighted by atomic mass is 32.1. The molecular formula is C14H20N4O2S. The van der Waals surface area contributed by atoms with Crippen LogP contribution in [0.15, 0.2) is 16.2 Å². The third-order valence-corrected chi connectivity index (χ3v) is 4.22. The number of nitrogens with one attached hydrogen (secondary N) is 1. The zero-order chi connectivity index (χ0) is 15.4. The number of fused-ring (bicyclic) bond motifs is 1. The van der Waals surface area contributed by atoms with E-state index >= 15 is 0 Å². The molecule has 2 rings (SSSR count). The summed E-state index contributed by atoms with van der Waals surface area (Å²) < 4.78 is 0.604. The van der Waals surface area contributed by atoms with E-state index in [1.54, 1.807) is 13.1 Å². The number of aromatic amines is 1. The number of aromatic nitrogens is 2. The highest BCUT2D eigenvalue weighted by Gasteiger charge is 2.18. The second-order valence-electron chi connectivity index (χ2n) is 5.09. The predicted octanol–water partition coefficient (Wildman–Crippen LogP) is 1.46. The molecule has 2 aromatic heterocycles. The van der Waals surface area contributed by atoms with Gasteiger partial charge in [-0.15, -0.1) is 11.3 Å². The van der Waals surface area contributed by atoms with Gasteiger partial charge in [-0.2, -0.15) is 0 Å². The molecule has 3 N–H and O–H groups in total. The van der Waals surface area contributed by atoms with Crippen molar-refractivity contribution in [2.24, 2.45) is 5.73 Å². The van der Waals surface area contributed by atoms with Gasteiger partial charge in [0.2, 0.25) is 5.91 Å². The van der Waals surface area contributed by atoms with Gasteiger partial charge in [0.05, 0.1) is 18.1 Å². The third-order valence-electron chi connectivity index (χ3n) is 3.31. The molecule has 0 saturated heterocycles. The van der Waals surface area contributed by atoms with Gasteiger partial charge in [0, 0.05) is 7.05 Å². The number of hydrogen-bond acceptors (Lipinski definition) is 5. The van der Waals surface area contributed by atoms with Gasteiger partial charge in [-0.25, -0.2) is 4.98 Å². The van der Waals surface area contributed by atoms with E-state index in [0.29, 0.717) is 22.5 Å². The van der Waals surface area contributed by atoms with Crippen LogP contribution >= 0.6 is 11.3 Å². The second kappa shape index (κ2) is 6.82. The Bertz CT molecular complexity index is 679. The Morgan fingerprint density at radius 1 is 1.57 bits per heavy atom. The maximum absolute atomic E-state index is 12.1. The lowest BCUT2D eigenvalue weighted by Crippen LogP contribution is -2.41. The van der Waals surface area contributed by atoms with Crippen LogP contribution in [0.25, 0.3) is 10.2 Å².